The third-order valence-corrected chi connectivity index (χ3v) is 3.35. The monoisotopic (exact) mass is 266 g/mol. The smallest absolute Gasteiger partial charge is 0.317 e. The normalized spacial score (nSPS) is 14.5. The molecule has 0 saturated heterocycles. The van der Waals surface area contributed by atoms with Crippen LogP contribution in [0.4, 0.5) is 4.79 Å². The van der Waals surface area contributed by atoms with E-state index in [4.69, 9.17) is 5.11 Å². The molecule has 1 aliphatic carbocycles. The summed E-state index contributed by atoms with van der Waals surface area (Å²) in [5.41, 5.74) is 2.07. The van der Waals surface area contributed by atoms with E-state index in [1.807, 2.05) is 13.2 Å². The molecule has 1 aromatic rings. The fraction of sp³-hybridized carbons (Fsp3) is 0.692. The minimum atomic E-state index is -0.0949. The summed E-state index contributed by atoms with van der Waals surface area (Å²) in [4.78, 5) is 13.8. The lowest BCUT2D eigenvalue weighted by Crippen LogP contribution is -2.42. The van der Waals surface area contributed by atoms with Crippen LogP contribution in [0.1, 0.15) is 31.0 Å². The molecule has 0 atom stereocenters. The largest absolute Gasteiger partial charge is 0.395 e. The molecule has 0 spiro atoms. The molecule has 1 heterocycles. The third-order valence-electron chi connectivity index (χ3n) is 3.35. The Morgan fingerprint density at radius 2 is 2.37 bits per heavy atom. The number of hydrogen-bond donors (Lipinski definition) is 2. The highest BCUT2D eigenvalue weighted by molar-refractivity contribution is 5.74. The molecule has 2 N–H and O–H groups in total. The summed E-state index contributed by atoms with van der Waals surface area (Å²) in [6.45, 7) is 2.96. The Kier molecular flexibility index (Phi) is 4.42. The molecule has 19 heavy (non-hydrogen) atoms. The SMILES string of the molecule is CCc1nn(C)cc1CNC(=O)N(CCO)C1CC1. The molecular weight excluding hydrogens is 244 g/mol. The lowest BCUT2D eigenvalue weighted by molar-refractivity contribution is 0.173. The molecule has 1 aliphatic rings. The summed E-state index contributed by atoms with van der Waals surface area (Å²) in [6.07, 6.45) is 4.88. The van der Waals surface area contributed by atoms with Gasteiger partial charge in [-0.25, -0.2) is 4.79 Å². The number of nitrogens with one attached hydrogen (secondary N) is 1. The first-order valence-corrected chi connectivity index (χ1v) is 6.82. The Balaban J connectivity index is 1.91. The van der Waals surface area contributed by atoms with Crippen LogP contribution in [-0.2, 0) is 20.0 Å². The first-order chi connectivity index (χ1) is 9.15. The van der Waals surface area contributed by atoms with E-state index in [2.05, 4.69) is 17.3 Å². The van der Waals surface area contributed by atoms with E-state index in [1.54, 1.807) is 9.58 Å². The van der Waals surface area contributed by atoms with Gasteiger partial charge in [0.1, 0.15) is 0 Å². The van der Waals surface area contributed by atoms with Crippen molar-refractivity contribution in [1.82, 2.24) is 20.0 Å². The summed E-state index contributed by atoms with van der Waals surface area (Å²) in [5.74, 6) is 0. The van der Waals surface area contributed by atoms with E-state index in [0.717, 1.165) is 30.5 Å². The Labute approximate surface area is 113 Å². The molecule has 2 amide bonds. The lowest BCUT2D eigenvalue weighted by Gasteiger charge is -2.21. The van der Waals surface area contributed by atoms with Crippen molar-refractivity contribution in [3.05, 3.63) is 17.5 Å². The number of aliphatic hydroxyl groups is 1. The van der Waals surface area contributed by atoms with Crippen LogP contribution in [0.2, 0.25) is 0 Å². The van der Waals surface area contributed by atoms with E-state index in [0.29, 0.717) is 19.1 Å². The van der Waals surface area contributed by atoms with Crippen molar-refractivity contribution in [3.8, 4) is 0 Å². The Bertz CT molecular complexity index is 440. The summed E-state index contributed by atoms with van der Waals surface area (Å²) in [5, 5.41) is 16.3. The topological polar surface area (TPSA) is 70.4 Å². The molecule has 0 unspecified atom stereocenters. The molecule has 1 saturated carbocycles. The molecule has 0 aliphatic heterocycles. The second kappa shape index (κ2) is 6.06. The Morgan fingerprint density at radius 1 is 1.63 bits per heavy atom. The molecular formula is C13H22N4O2. The van der Waals surface area contributed by atoms with Crippen LogP contribution in [0.3, 0.4) is 0 Å². The summed E-state index contributed by atoms with van der Waals surface area (Å²) >= 11 is 0. The quantitative estimate of drug-likeness (QED) is 0.794. The zero-order chi connectivity index (χ0) is 13.8. The number of urea groups is 1. The molecule has 2 rings (SSSR count). The second-order valence-electron chi connectivity index (χ2n) is 4.94. The number of rotatable bonds is 6. The zero-order valence-electron chi connectivity index (χ0n) is 11.6. The van der Waals surface area contributed by atoms with E-state index in [1.165, 1.54) is 0 Å². The minimum Gasteiger partial charge on any atom is -0.395 e. The molecule has 0 aromatic carbocycles. The van der Waals surface area contributed by atoms with Gasteiger partial charge in [-0.3, -0.25) is 4.68 Å². The van der Waals surface area contributed by atoms with Gasteiger partial charge in [-0.2, -0.15) is 5.10 Å². The van der Waals surface area contributed by atoms with Gasteiger partial charge in [0.05, 0.1) is 12.3 Å². The van der Waals surface area contributed by atoms with Crippen LogP contribution in [0, 0.1) is 0 Å². The number of aromatic nitrogens is 2. The van der Waals surface area contributed by atoms with Gasteiger partial charge in [0, 0.05) is 37.9 Å². The highest BCUT2D eigenvalue weighted by Crippen LogP contribution is 2.26. The van der Waals surface area contributed by atoms with Crippen molar-refractivity contribution in [2.45, 2.75) is 38.8 Å². The maximum absolute atomic E-state index is 12.1. The molecule has 1 fully saturated rings. The first-order valence-electron chi connectivity index (χ1n) is 6.82. The van der Waals surface area contributed by atoms with Crippen LogP contribution >= 0.6 is 0 Å². The van der Waals surface area contributed by atoms with Gasteiger partial charge in [0.2, 0.25) is 0 Å². The fourth-order valence-corrected chi connectivity index (χ4v) is 2.25. The van der Waals surface area contributed by atoms with Crippen molar-refractivity contribution in [2.24, 2.45) is 7.05 Å². The Hall–Kier alpha value is -1.56. The number of hydrogen-bond acceptors (Lipinski definition) is 3. The van der Waals surface area contributed by atoms with Crippen molar-refractivity contribution < 1.29 is 9.90 Å². The predicted octanol–water partition coefficient (Wildman–Crippen LogP) is 0.649. The predicted molar refractivity (Wildman–Crippen MR) is 71.6 cm³/mol. The van der Waals surface area contributed by atoms with Gasteiger partial charge in [-0.05, 0) is 19.3 Å². The number of nitrogens with zero attached hydrogens (tertiary/aromatic N) is 3. The number of carbonyl (C=O) groups excluding carboxylic acids is 1. The van der Waals surface area contributed by atoms with Crippen molar-refractivity contribution in [3.63, 3.8) is 0 Å². The molecule has 6 nitrogen and oxygen atoms in total. The summed E-state index contributed by atoms with van der Waals surface area (Å²) in [7, 11) is 1.88. The van der Waals surface area contributed by atoms with Crippen LogP contribution < -0.4 is 5.32 Å². The van der Waals surface area contributed by atoms with E-state index < -0.39 is 0 Å². The van der Waals surface area contributed by atoms with Crippen LogP contribution in [0.15, 0.2) is 6.20 Å². The average Bonchev–Trinajstić information content (AvgIpc) is 3.16. The third kappa shape index (κ3) is 3.47. The van der Waals surface area contributed by atoms with Gasteiger partial charge < -0.3 is 15.3 Å². The van der Waals surface area contributed by atoms with E-state index in [-0.39, 0.29) is 12.6 Å². The number of amides is 2. The molecule has 6 heteroatoms. The minimum absolute atomic E-state index is 0.0109. The molecule has 0 bridgehead atoms. The van der Waals surface area contributed by atoms with Gasteiger partial charge in [-0.15, -0.1) is 0 Å². The summed E-state index contributed by atoms with van der Waals surface area (Å²) in [6, 6.07) is 0.217. The number of aliphatic hydroxyl groups excluding tert-OH is 1. The molecule has 1 aromatic heterocycles. The van der Waals surface area contributed by atoms with Crippen molar-refractivity contribution in [1.29, 1.82) is 0 Å². The van der Waals surface area contributed by atoms with Gasteiger partial charge in [0.25, 0.3) is 0 Å². The maximum Gasteiger partial charge on any atom is 0.317 e. The van der Waals surface area contributed by atoms with E-state index in [9.17, 15) is 4.79 Å². The maximum atomic E-state index is 12.1. The zero-order valence-corrected chi connectivity index (χ0v) is 11.6. The lowest BCUT2D eigenvalue weighted by atomic mass is 10.2. The summed E-state index contributed by atoms with van der Waals surface area (Å²) < 4.78 is 1.77. The average molecular weight is 266 g/mol. The fourth-order valence-electron chi connectivity index (χ4n) is 2.25. The van der Waals surface area contributed by atoms with Crippen molar-refractivity contribution in [2.75, 3.05) is 13.2 Å². The van der Waals surface area contributed by atoms with Crippen LogP contribution in [0.25, 0.3) is 0 Å². The molecule has 106 valence electrons. The Morgan fingerprint density at radius 3 is 2.95 bits per heavy atom. The van der Waals surface area contributed by atoms with Gasteiger partial charge in [-0.1, -0.05) is 6.92 Å². The molecule has 0 radical (unpaired) electrons. The second-order valence-corrected chi connectivity index (χ2v) is 4.94. The number of aryl methyl sites for hydroxylation is 2. The van der Waals surface area contributed by atoms with Gasteiger partial charge in [0.15, 0.2) is 0 Å². The standard InChI is InChI=1S/C13H22N4O2/c1-3-12-10(9-16(2)15-12)8-14-13(19)17(6-7-18)11-4-5-11/h9,11,18H,3-8H2,1-2H3,(H,14,19). The first kappa shape index (κ1) is 13.9. The number of carbonyl (C=O) groups is 1. The van der Waals surface area contributed by atoms with Crippen molar-refractivity contribution >= 4 is 6.03 Å². The van der Waals surface area contributed by atoms with Crippen LogP contribution in [-0.4, -0.2) is 45.0 Å². The highest BCUT2D eigenvalue weighted by atomic mass is 16.3. The van der Waals surface area contributed by atoms with E-state index >= 15 is 0 Å². The van der Waals surface area contributed by atoms with Gasteiger partial charge >= 0.3 is 6.03 Å². The highest BCUT2D eigenvalue weighted by Gasteiger charge is 2.32. The van der Waals surface area contributed by atoms with Crippen LogP contribution in [0.5, 0.6) is 0 Å².